The summed E-state index contributed by atoms with van der Waals surface area (Å²) in [7, 11) is 0. The van der Waals surface area contributed by atoms with Gasteiger partial charge in [-0.2, -0.15) is 0 Å². The van der Waals surface area contributed by atoms with E-state index in [4.69, 9.17) is 11.6 Å². The van der Waals surface area contributed by atoms with Crippen LogP contribution in [0, 0.1) is 13.8 Å². The van der Waals surface area contributed by atoms with Crippen molar-refractivity contribution in [3.63, 3.8) is 0 Å². The SMILES string of the molecule is Cc1nc(NC2c3ccccc3CC2Cl)sc1C. The normalized spacial score (nSPS) is 21.9. The molecule has 3 rings (SSSR count). The number of alkyl halides is 1. The van der Waals surface area contributed by atoms with E-state index in [1.54, 1.807) is 11.3 Å². The molecule has 2 aromatic rings. The maximum Gasteiger partial charge on any atom is 0.183 e. The first kappa shape index (κ1) is 12.0. The number of aromatic nitrogens is 1. The molecule has 2 atom stereocenters. The smallest absolute Gasteiger partial charge is 0.183 e. The van der Waals surface area contributed by atoms with Crippen molar-refractivity contribution in [1.82, 2.24) is 4.98 Å². The van der Waals surface area contributed by atoms with Gasteiger partial charge in [0.15, 0.2) is 5.13 Å². The summed E-state index contributed by atoms with van der Waals surface area (Å²) in [6.07, 6.45) is 0.929. The van der Waals surface area contributed by atoms with Gasteiger partial charge in [-0.3, -0.25) is 0 Å². The summed E-state index contributed by atoms with van der Waals surface area (Å²) >= 11 is 8.15. The standard InChI is InChI=1S/C14H15ClN2S/c1-8-9(2)18-14(16-8)17-13-11-6-4-3-5-10(11)7-12(13)15/h3-6,12-13H,7H2,1-2H3,(H,16,17). The lowest BCUT2D eigenvalue weighted by atomic mass is 10.1. The van der Waals surface area contributed by atoms with E-state index in [0.29, 0.717) is 0 Å². The molecule has 1 aromatic carbocycles. The third-order valence-electron chi connectivity index (χ3n) is 3.47. The fourth-order valence-corrected chi connectivity index (χ4v) is 3.60. The van der Waals surface area contributed by atoms with E-state index in [0.717, 1.165) is 17.2 Å². The van der Waals surface area contributed by atoms with Gasteiger partial charge in [-0.25, -0.2) is 4.98 Å². The predicted octanol–water partition coefficient (Wildman–Crippen LogP) is 4.08. The molecule has 1 heterocycles. The Kier molecular flexibility index (Phi) is 3.04. The van der Waals surface area contributed by atoms with Crippen LogP contribution in [0.4, 0.5) is 5.13 Å². The third kappa shape index (κ3) is 2.02. The van der Waals surface area contributed by atoms with Gasteiger partial charge in [-0.05, 0) is 31.4 Å². The number of halogens is 1. The van der Waals surface area contributed by atoms with Gasteiger partial charge in [0, 0.05) is 4.88 Å². The maximum absolute atomic E-state index is 6.45. The van der Waals surface area contributed by atoms with Gasteiger partial charge >= 0.3 is 0 Å². The molecule has 0 aliphatic heterocycles. The second-order valence-electron chi connectivity index (χ2n) is 4.70. The summed E-state index contributed by atoms with van der Waals surface area (Å²) in [6, 6.07) is 8.63. The number of rotatable bonds is 2. The lowest BCUT2D eigenvalue weighted by Crippen LogP contribution is -2.16. The van der Waals surface area contributed by atoms with Crippen molar-refractivity contribution >= 4 is 28.1 Å². The Hall–Kier alpha value is -1.06. The average molecular weight is 279 g/mol. The van der Waals surface area contributed by atoms with Crippen molar-refractivity contribution in [3.8, 4) is 0 Å². The molecule has 0 saturated carbocycles. The number of fused-ring (bicyclic) bond motifs is 1. The summed E-state index contributed by atoms with van der Waals surface area (Å²) < 4.78 is 0. The van der Waals surface area contributed by atoms with E-state index in [2.05, 4.69) is 41.5 Å². The predicted molar refractivity (Wildman–Crippen MR) is 77.7 cm³/mol. The summed E-state index contributed by atoms with van der Waals surface area (Å²) in [5.41, 5.74) is 3.75. The number of hydrogen-bond acceptors (Lipinski definition) is 3. The topological polar surface area (TPSA) is 24.9 Å². The Morgan fingerprint density at radius 3 is 2.83 bits per heavy atom. The number of thiazole rings is 1. The molecule has 94 valence electrons. The highest BCUT2D eigenvalue weighted by Crippen LogP contribution is 2.38. The molecule has 2 nitrogen and oxygen atoms in total. The highest BCUT2D eigenvalue weighted by Gasteiger charge is 2.31. The van der Waals surface area contributed by atoms with Gasteiger partial charge in [0.2, 0.25) is 0 Å². The Morgan fingerprint density at radius 1 is 1.33 bits per heavy atom. The van der Waals surface area contributed by atoms with Gasteiger partial charge in [-0.15, -0.1) is 22.9 Å². The van der Waals surface area contributed by atoms with Crippen LogP contribution in [0.5, 0.6) is 0 Å². The highest BCUT2D eigenvalue weighted by molar-refractivity contribution is 7.15. The van der Waals surface area contributed by atoms with Crippen LogP contribution in [0.2, 0.25) is 0 Å². The van der Waals surface area contributed by atoms with Gasteiger partial charge in [0.25, 0.3) is 0 Å². The lowest BCUT2D eigenvalue weighted by molar-refractivity contribution is 0.770. The zero-order chi connectivity index (χ0) is 12.7. The van der Waals surface area contributed by atoms with Gasteiger partial charge in [0.05, 0.1) is 17.1 Å². The summed E-state index contributed by atoms with van der Waals surface area (Å²) in [5, 5.41) is 4.56. The lowest BCUT2D eigenvalue weighted by Gasteiger charge is -2.16. The molecule has 0 saturated heterocycles. The van der Waals surface area contributed by atoms with E-state index in [9.17, 15) is 0 Å². The highest BCUT2D eigenvalue weighted by atomic mass is 35.5. The van der Waals surface area contributed by atoms with Crippen LogP contribution >= 0.6 is 22.9 Å². The summed E-state index contributed by atoms with van der Waals surface area (Å²) in [5.74, 6) is 0. The zero-order valence-electron chi connectivity index (χ0n) is 10.4. The van der Waals surface area contributed by atoms with Crippen LogP contribution in [0.1, 0.15) is 27.7 Å². The van der Waals surface area contributed by atoms with Gasteiger partial charge in [0.1, 0.15) is 0 Å². The molecule has 1 aromatic heterocycles. The number of anilines is 1. The van der Waals surface area contributed by atoms with E-state index in [1.165, 1.54) is 16.0 Å². The Bertz CT molecular complexity index is 559. The zero-order valence-corrected chi connectivity index (χ0v) is 12.0. The molecule has 18 heavy (non-hydrogen) atoms. The number of hydrogen-bond donors (Lipinski definition) is 1. The quantitative estimate of drug-likeness (QED) is 0.838. The molecule has 1 aliphatic carbocycles. The van der Waals surface area contributed by atoms with E-state index < -0.39 is 0 Å². The monoisotopic (exact) mass is 278 g/mol. The van der Waals surface area contributed by atoms with Crippen LogP contribution < -0.4 is 5.32 Å². The molecule has 2 unspecified atom stereocenters. The van der Waals surface area contributed by atoms with Gasteiger partial charge < -0.3 is 5.32 Å². The van der Waals surface area contributed by atoms with Crippen LogP contribution in [0.25, 0.3) is 0 Å². The van der Waals surface area contributed by atoms with E-state index >= 15 is 0 Å². The van der Waals surface area contributed by atoms with Crippen molar-refractivity contribution in [2.75, 3.05) is 5.32 Å². The van der Waals surface area contributed by atoms with Crippen LogP contribution in [-0.4, -0.2) is 10.4 Å². The minimum Gasteiger partial charge on any atom is -0.353 e. The molecular weight excluding hydrogens is 264 g/mol. The first-order chi connectivity index (χ1) is 8.65. The minimum absolute atomic E-state index is 0.104. The Labute approximate surface area is 116 Å². The second-order valence-corrected chi connectivity index (χ2v) is 6.47. The van der Waals surface area contributed by atoms with E-state index in [1.807, 2.05) is 6.92 Å². The molecule has 0 amide bonds. The molecule has 4 heteroatoms. The average Bonchev–Trinajstić information content (AvgIpc) is 2.82. The molecule has 0 spiro atoms. The number of nitrogens with zero attached hydrogens (tertiary/aromatic N) is 1. The molecule has 1 N–H and O–H groups in total. The van der Waals surface area contributed by atoms with Crippen LogP contribution in [-0.2, 0) is 6.42 Å². The van der Waals surface area contributed by atoms with Crippen LogP contribution in [0.3, 0.4) is 0 Å². The Morgan fingerprint density at radius 2 is 2.11 bits per heavy atom. The summed E-state index contributed by atoms with van der Waals surface area (Å²) in [4.78, 5) is 5.79. The number of benzene rings is 1. The first-order valence-electron chi connectivity index (χ1n) is 6.07. The van der Waals surface area contributed by atoms with Crippen LogP contribution in [0.15, 0.2) is 24.3 Å². The first-order valence-corrected chi connectivity index (χ1v) is 7.33. The van der Waals surface area contributed by atoms with Gasteiger partial charge in [-0.1, -0.05) is 24.3 Å². The van der Waals surface area contributed by atoms with Crippen molar-refractivity contribution in [2.24, 2.45) is 0 Å². The largest absolute Gasteiger partial charge is 0.353 e. The summed E-state index contributed by atoms with van der Waals surface area (Å²) in [6.45, 7) is 4.14. The van der Waals surface area contributed by atoms with Crippen molar-refractivity contribution in [2.45, 2.75) is 31.7 Å². The third-order valence-corrected chi connectivity index (χ3v) is 4.88. The number of aryl methyl sites for hydroxylation is 2. The maximum atomic E-state index is 6.45. The fourth-order valence-electron chi connectivity index (χ4n) is 2.38. The molecule has 1 aliphatic rings. The van der Waals surface area contributed by atoms with Crippen molar-refractivity contribution < 1.29 is 0 Å². The second kappa shape index (κ2) is 4.56. The molecule has 0 radical (unpaired) electrons. The molecule has 0 bridgehead atoms. The van der Waals surface area contributed by atoms with Crippen molar-refractivity contribution in [1.29, 1.82) is 0 Å². The van der Waals surface area contributed by atoms with E-state index in [-0.39, 0.29) is 11.4 Å². The van der Waals surface area contributed by atoms with Crippen molar-refractivity contribution in [3.05, 3.63) is 46.0 Å². The fraction of sp³-hybridized carbons (Fsp3) is 0.357. The molecular formula is C14H15ClN2S. The minimum atomic E-state index is 0.104. The number of nitrogens with one attached hydrogen (secondary N) is 1. The molecule has 0 fully saturated rings. The Balaban J connectivity index is 1.89.